The number of fused-ring (bicyclic) bond motifs is 1. The number of alkyl halides is 3. The number of guanidine groups is 1. The number of carbonyl (C=O) groups is 3. The van der Waals surface area contributed by atoms with Crippen LogP contribution in [0.2, 0.25) is 0 Å². The third-order valence-electron chi connectivity index (χ3n) is 8.28. The summed E-state index contributed by atoms with van der Waals surface area (Å²) in [5, 5.41) is 11.0. The summed E-state index contributed by atoms with van der Waals surface area (Å²) in [6, 6.07) is 8.49. The Hall–Kier alpha value is -5.00. The first-order chi connectivity index (χ1) is 23.4. The molecule has 2 aromatic rings. The molecule has 50 heavy (non-hydrogen) atoms. The number of likely N-dealkylation sites (N-methyl/N-ethyl adjacent to an activating group) is 1. The van der Waals surface area contributed by atoms with E-state index in [1.807, 2.05) is 0 Å². The van der Waals surface area contributed by atoms with Crippen LogP contribution in [0.5, 0.6) is 0 Å². The van der Waals surface area contributed by atoms with Crippen molar-refractivity contribution in [3.8, 4) is 0 Å². The molecule has 0 bridgehead atoms. The molecule has 1 saturated heterocycles. The van der Waals surface area contributed by atoms with Gasteiger partial charge < -0.3 is 31.1 Å². The summed E-state index contributed by atoms with van der Waals surface area (Å²) < 4.78 is 66.3. The van der Waals surface area contributed by atoms with Gasteiger partial charge in [0.15, 0.2) is 0 Å². The van der Waals surface area contributed by atoms with E-state index >= 15 is 0 Å². The standard InChI is InChI=1S/C32H42F3N9O5S/c1-6-24(37-19-27(45)38-25-14-13-23(32(33,34)35)20-11-12-21(20)25)28(30(47)42(4)39-31(36)41(2)3)43-15-17-44(18-16-43)29(46)22-9-7-8-10-26(22)40-50(5,48)49/h7-10,13-14,37,40H,6,11-12,15-19H2,1-5H3,(H2,36,39)(H,38,45)/b28-24+. The van der Waals surface area contributed by atoms with Crippen LogP contribution in [-0.4, -0.2) is 112 Å². The molecule has 0 spiro atoms. The van der Waals surface area contributed by atoms with Crippen LogP contribution in [0.4, 0.5) is 24.5 Å². The van der Waals surface area contributed by atoms with E-state index in [-0.39, 0.29) is 74.0 Å². The van der Waals surface area contributed by atoms with Crippen molar-refractivity contribution < 1.29 is 36.0 Å². The lowest BCUT2D eigenvalue weighted by molar-refractivity contribution is -0.138. The highest BCUT2D eigenvalue weighted by molar-refractivity contribution is 7.92. The second-order valence-electron chi connectivity index (χ2n) is 12.1. The smallest absolute Gasteiger partial charge is 0.378 e. The van der Waals surface area contributed by atoms with E-state index in [4.69, 9.17) is 5.73 Å². The van der Waals surface area contributed by atoms with Crippen molar-refractivity contribution in [2.45, 2.75) is 32.4 Å². The molecule has 0 unspecified atom stereocenters. The average molecular weight is 722 g/mol. The SMILES string of the molecule is CC/C(NCC(=O)Nc1ccc(C(F)(F)F)c2c1CC2)=C(/C(=O)N(C)/N=C(\N)N(C)C)N1CCN(C(=O)c2ccccc2NS(C)(=O)=O)CC1. The summed E-state index contributed by atoms with van der Waals surface area (Å²) in [5.41, 5.74) is 7.14. The molecular formula is C32H42F3N9O5S. The molecule has 1 aliphatic carbocycles. The van der Waals surface area contributed by atoms with Gasteiger partial charge in [-0.05, 0) is 54.7 Å². The van der Waals surface area contributed by atoms with E-state index in [1.165, 1.54) is 30.1 Å². The Balaban J connectivity index is 1.55. The van der Waals surface area contributed by atoms with Crippen molar-refractivity contribution in [2.24, 2.45) is 10.8 Å². The summed E-state index contributed by atoms with van der Waals surface area (Å²) in [6.07, 6.45) is -2.51. The van der Waals surface area contributed by atoms with E-state index in [9.17, 15) is 36.0 Å². The van der Waals surface area contributed by atoms with Crippen LogP contribution >= 0.6 is 0 Å². The number of nitrogens with zero attached hydrogens (tertiary/aromatic N) is 5. The van der Waals surface area contributed by atoms with Gasteiger partial charge >= 0.3 is 6.18 Å². The summed E-state index contributed by atoms with van der Waals surface area (Å²) in [5.74, 6) is -1.38. The molecule has 0 aromatic heterocycles. The molecule has 0 saturated carbocycles. The number of anilines is 2. The van der Waals surface area contributed by atoms with Gasteiger partial charge in [-0.2, -0.15) is 13.2 Å². The molecule has 4 rings (SSSR count). The maximum Gasteiger partial charge on any atom is 0.416 e. The van der Waals surface area contributed by atoms with Gasteiger partial charge in [0.25, 0.3) is 11.8 Å². The molecule has 0 radical (unpaired) electrons. The Morgan fingerprint density at radius 3 is 2.12 bits per heavy atom. The van der Waals surface area contributed by atoms with Crippen LogP contribution in [-0.2, 0) is 38.6 Å². The molecule has 1 aliphatic heterocycles. The molecule has 272 valence electrons. The minimum Gasteiger partial charge on any atom is -0.378 e. The fourth-order valence-electron chi connectivity index (χ4n) is 5.64. The fourth-order valence-corrected chi connectivity index (χ4v) is 6.21. The molecule has 3 amide bonds. The molecule has 18 heteroatoms. The summed E-state index contributed by atoms with van der Waals surface area (Å²) in [7, 11) is 1.12. The number of piperazine rings is 1. The van der Waals surface area contributed by atoms with Crippen molar-refractivity contribution in [3.05, 3.63) is 70.0 Å². The number of halogens is 3. The zero-order valence-corrected chi connectivity index (χ0v) is 29.3. The number of para-hydroxylation sites is 1. The van der Waals surface area contributed by atoms with E-state index in [1.54, 1.807) is 43.0 Å². The molecule has 2 aromatic carbocycles. The Bertz CT molecular complexity index is 1800. The third kappa shape index (κ3) is 8.96. The lowest BCUT2D eigenvalue weighted by Crippen LogP contribution is -2.51. The van der Waals surface area contributed by atoms with Gasteiger partial charge in [0.1, 0.15) is 5.70 Å². The zero-order valence-electron chi connectivity index (χ0n) is 28.5. The number of sulfonamides is 1. The van der Waals surface area contributed by atoms with E-state index in [0.717, 1.165) is 17.3 Å². The van der Waals surface area contributed by atoms with Crippen LogP contribution in [0.3, 0.4) is 0 Å². The number of hydrogen-bond acceptors (Lipinski definition) is 8. The van der Waals surface area contributed by atoms with Gasteiger partial charge in [-0.3, -0.25) is 19.1 Å². The molecular weight excluding hydrogens is 679 g/mol. The lowest BCUT2D eigenvalue weighted by Gasteiger charge is -2.38. The fraction of sp³-hybridized carbons (Fsp3) is 0.438. The maximum atomic E-state index is 13.9. The number of carbonyl (C=O) groups excluding carboxylic acids is 3. The Morgan fingerprint density at radius 2 is 1.56 bits per heavy atom. The second-order valence-corrected chi connectivity index (χ2v) is 13.8. The molecule has 1 heterocycles. The van der Waals surface area contributed by atoms with E-state index < -0.39 is 39.5 Å². The molecule has 5 N–H and O–H groups in total. The van der Waals surface area contributed by atoms with Gasteiger partial charge in [0.2, 0.25) is 21.9 Å². The van der Waals surface area contributed by atoms with Gasteiger partial charge in [0, 0.05) is 58.7 Å². The minimum absolute atomic E-state index is 0.0653. The quantitative estimate of drug-likeness (QED) is 0.117. The van der Waals surface area contributed by atoms with Crippen LogP contribution in [0.15, 0.2) is 52.9 Å². The van der Waals surface area contributed by atoms with Crippen LogP contribution in [0.25, 0.3) is 0 Å². The first kappa shape index (κ1) is 37.8. The van der Waals surface area contributed by atoms with Gasteiger partial charge in [-0.25, -0.2) is 13.4 Å². The number of nitrogens with one attached hydrogen (secondary N) is 3. The number of amides is 3. The van der Waals surface area contributed by atoms with Gasteiger partial charge in [0.05, 0.1) is 29.6 Å². The topological polar surface area (TPSA) is 173 Å². The maximum absolute atomic E-state index is 13.9. The molecule has 14 nitrogen and oxygen atoms in total. The molecule has 1 fully saturated rings. The number of benzene rings is 2. The predicted octanol–water partition coefficient (Wildman–Crippen LogP) is 2.03. The van der Waals surface area contributed by atoms with Crippen molar-refractivity contribution in [3.63, 3.8) is 0 Å². The van der Waals surface area contributed by atoms with Crippen molar-refractivity contribution >= 4 is 45.1 Å². The number of hydrazone groups is 1. The summed E-state index contributed by atoms with van der Waals surface area (Å²) in [6.45, 7) is 2.30. The Morgan fingerprint density at radius 1 is 0.940 bits per heavy atom. The third-order valence-corrected chi connectivity index (χ3v) is 8.87. The number of rotatable bonds is 11. The Kier molecular flexibility index (Phi) is 11.5. The highest BCUT2D eigenvalue weighted by Gasteiger charge is 2.37. The molecule has 2 aliphatic rings. The first-order valence-corrected chi connectivity index (χ1v) is 17.7. The zero-order chi connectivity index (χ0) is 37.0. The van der Waals surface area contributed by atoms with Crippen molar-refractivity contribution in [1.29, 1.82) is 0 Å². The number of allylic oxidation sites excluding steroid dienone is 1. The average Bonchev–Trinajstić information content (AvgIpc) is 3.02. The number of nitrogens with two attached hydrogens (primary N) is 1. The van der Waals surface area contributed by atoms with E-state index in [0.29, 0.717) is 23.4 Å². The second kappa shape index (κ2) is 15.3. The lowest BCUT2D eigenvalue weighted by atomic mass is 9.83. The normalized spacial score (nSPS) is 15.3. The summed E-state index contributed by atoms with van der Waals surface area (Å²) >= 11 is 0. The highest BCUT2D eigenvalue weighted by Crippen LogP contribution is 2.41. The highest BCUT2D eigenvalue weighted by atomic mass is 32.2. The minimum atomic E-state index is -4.48. The first-order valence-electron chi connectivity index (χ1n) is 15.8. The van der Waals surface area contributed by atoms with E-state index in [2.05, 4.69) is 20.5 Å². The number of hydrogen-bond donors (Lipinski definition) is 4. The molecule has 0 atom stereocenters. The largest absolute Gasteiger partial charge is 0.416 e. The van der Waals surface area contributed by atoms with Crippen molar-refractivity contribution in [1.82, 2.24) is 25.0 Å². The van der Waals surface area contributed by atoms with Crippen LogP contribution in [0.1, 0.15) is 40.4 Å². The van der Waals surface area contributed by atoms with Crippen LogP contribution < -0.4 is 21.1 Å². The summed E-state index contributed by atoms with van der Waals surface area (Å²) in [4.78, 5) is 45.3. The van der Waals surface area contributed by atoms with Crippen molar-refractivity contribution in [2.75, 3.05) is 70.2 Å². The van der Waals surface area contributed by atoms with Crippen LogP contribution in [0, 0.1) is 0 Å². The predicted molar refractivity (Wildman–Crippen MR) is 183 cm³/mol. The Labute approximate surface area is 289 Å². The monoisotopic (exact) mass is 721 g/mol. The van der Waals surface area contributed by atoms with Gasteiger partial charge in [-0.15, -0.1) is 5.10 Å². The van der Waals surface area contributed by atoms with Gasteiger partial charge in [-0.1, -0.05) is 19.1 Å².